The van der Waals surface area contributed by atoms with Crippen molar-refractivity contribution in [3.05, 3.63) is 28.7 Å². The van der Waals surface area contributed by atoms with Crippen molar-refractivity contribution in [3.63, 3.8) is 0 Å². The molecule has 0 aliphatic heterocycles. The lowest BCUT2D eigenvalue weighted by molar-refractivity contribution is 0.0547. The van der Waals surface area contributed by atoms with Crippen molar-refractivity contribution >= 4 is 45.6 Å². The van der Waals surface area contributed by atoms with Gasteiger partial charge in [-0.05, 0) is 44.4 Å². The number of ether oxygens (including phenoxy) is 1. The van der Waals surface area contributed by atoms with Crippen LogP contribution in [0.1, 0.15) is 20.8 Å². The first-order valence-electron chi connectivity index (χ1n) is 6.09. The van der Waals surface area contributed by atoms with Crippen LogP contribution in [-0.4, -0.2) is 33.4 Å². The van der Waals surface area contributed by atoms with E-state index in [-0.39, 0.29) is 5.59 Å². The molecule has 0 aliphatic rings. The SMILES string of the molecule is CC(C)(C)OC(=O)n1c(B(O)O)cc2ccc(Br)cc21. The fraction of sp³-hybridized carbons (Fsp3) is 0.308. The van der Waals surface area contributed by atoms with E-state index in [0.717, 1.165) is 9.86 Å². The number of carbonyl (C=O) groups is 1. The van der Waals surface area contributed by atoms with Gasteiger partial charge in [0.15, 0.2) is 0 Å². The van der Waals surface area contributed by atoms with Gasteiger partial charge in [-0.3, -0.25) is 4.57 Å². The first kappa shape index (κ1) is 15.1. The molecule has 1 heterocycles. The molecule has 0 bridgehead atoms. The van der Waals surface area contributed by atoms with Crippen LogP contribution in [0.3, 0.4) is 0 Å². The van der Waals surface area contributed by atoms with Gasteiger partial charge in [-0.15, -0.1) is 0 Å². The second-order valence-corrected chi connectivity index (χ2v) is 6.38. The monoisotopic (exact) mass is 339 g/mol. The molecule has 106 valence electrons. The van der Waals surface area contributed by atoms with Gasteiger partial charge in [0.1, 0.15) is 5.60 Å². The highest BCUT2D eigenvalue weighted by molar-refractivity contribution is 9.10. The molecule has 0 saturated heterocycles. The molecule has 0 radical (unpaired) electrons. The van der Waals surface area contributed by atoms with Crippen LogP contribution in [0, 0.1) is 0 Å². The Morgan fingerprint density at radius 1 is 1.30 bits per heavy atom. The van der Waals surface area contributed by atoms with Gasteiger partial charge in [0.05, 0.1) is 11.1 Å². The van der Waals surface area contributed by atoms with E-state index >= 15 is 0 Å². The van der Waals surface area contributed by atoms with Crippen LogP contribution in [0.25, 0.3) is 10.9 Å². The Labute approximate surface area is 125 Å². The van der Waals surface area contributed by atoms with Crippen molar-refractivity contribution in [2.45, 2.75) is 26.4 Å². The van der Waals surface area contributed by atoms with Gasteiger partial charge in [0.2, 0.25) is 0 Å². The van der Waals surface area contributed by atoms with Crippen LogP contribution in [0.2, 0.25) is 0 Å². The topological polar surface area (TPSA) is 71.7 Å². The van der Waals surface area contributed by atoms with E-state index in [1.165, 1.54) is 4.57 Å². The average Bonchev–Trinajstić information content (AvgIpc) is 2.65. The molecule has 0 amide bonds. The number of nitrogens with zero attached hydrogens (tertiary/aromatic N) is 1. The van der Waals surface area contributed by atoms with Crippen molar-refractivity contribution < 1.29 is 19.6 Å². The van der Waals surface area contributed by atoms with Crippen molar-refractivity contribution in [2.24, 2.45) is 0 Å². The Kier molecular flexibility index (Phi) is 3.95. The summed E-state index contributed by atoms with van der Waals surface area (Å²) in [7, 11) is -1.76. The number of halogens is 1. The van der Waals surface area contributed by atoms with E-state index in [0.29, 0.717) is 5.52 Å². The predicted octanol–water partition coefficient (Wildman–Crippen LogP) is 1.87. The predicted molar refractivity (Wildman–Crippen MR) is 81.1 cm³/mol. The van der Waals surface area contributed by atoms with Gasteiger partial charge in [-0.1, -0.05) is 22.0 Å². The van der Waals surface area contributed by atoms with E-state index in [2.05, 4.69) is 15.9 Å². The lowest BCUT2D eigenvalue weighted by Crippen LogP contribution is -2.41. The molecule has 0 aliphatic carbocycles. The quantitative estimate of drug-likeness (QED) is 0.778. The Morgan fingerprint density at radius 3 is 2.50 bits per heavy atom. The normalized spacial score (nSPS) is 11.7. The molecular weight excluding hydrogens is 325 g/mol. The summed E-state index contributed by atoms with van der Waals surface area (Å²) in [4.78, 5) is 12.3. The molecule has 1 aromatic heterocycles. The molecule has 0 spiro atoms. The molecule has 2 aromatic rings. The van der Waals surface area contributed by atoms with Crippen molar-refractivity contribution in [2.75, 3.05) is 0 Å². The summed E-state index contributed by atoms with van der Waals surface area (Å²) < 4.78 is 7.27. The fourth-order valence-electron chi connectivity index (χ4n) is 1.90. The van der Waals surface area contributed by atoms with Crippen molar-refractivity contribution in [3.8, 4) is 0 Å². The van der Waals surface area contributed by atoms with E-state index in [4.69, 9.17) is 4.74 Å². The highest BCUT2D eigenvalue weighted by Gasteiger charge is 2.27. The number of hydrogen-bond donors (Lipinski definition) is 2. The first-order chi connectivity index (χ1) is 9.19. The van der Waals surface area contributed by atoms with E-state index in [9.17, 15) is 14.8 Å². The molecule has 1 aromatic carbocycles. The van der Waals surface area contributed by atoms with Crippen LogP contribution < -0.4 is 5.59 Å². The molecule has 0 unspecified atom stereocenters. The summed E-state index contributed by atoms with van der Waals surface area (Å²) >= 11 is 3.33. The van der Waals surface area contributed by atoms with Gasteiger partial charge in [0.25, 0.3) is 0 Å². The summed E-state index contributed by atoms with van der Waals surface area (Å²) in [6.07, 6.45) is -0.645. The van der Waals surface area contributed by atoms with E-state index in [1.54, 1.807) is 39.0 Å². The van der Waals surface area contributed by atoms with E-state index in [1.807, 2.05) is 6.07 Å². The summed E-state index contributed by atoms with van der Waals surface area (Å²) in [6, 6.07) is 6.88. The summed E-state index contributed by atoms with van der Waals surface area (Å²) in [5.74, 6) is 0. The summed E-state index contributed by atoms with van der Waals surface area (Å²) in [5, 5.41) is 19.6. The van der Waals surface area contributed by atoms with E-state index < -0.39 is 18.8 Å². The first-order valence-corrected chi connectivity index (χ1v) is 6.89. The maximum absolute atomic E-state index is 12.3. The molecule has 5 nitrogen and oxygen atoms in total. The average molecular weight is 340 g/mol. The zero-order chi connectivity index (χ0) is 15.1. The Balaban J connectivity index is 2.62. The van der Waals surface area contributed by atoms with Gasteiger partial charge < -0.3 is 14.8 Å². The number of rotatable bonds is 1. The van der Waals surface area contributed by atoms with Crippen LogP contribution in [0.5, 0.6) is 0 Å². The van der Waals surface area contributed by atoms with Crippen LogP contribution >= 0.6 is 15.9 Å². The Bertz CT molecular complexity index is 660. The van der Waals surface area contributed by atoms with Crippen molar-refractivity contribution in [1.29, 1.82) is 0 Å². The number of aromatic nitrogens is 1. The largest absolute Gasteiger partial charge is 0.506 e. The molecule has 2 N–H and O–H groups in total. The lowest BCUT2D eigenvalue weighted by Gasteiger charge is -2.21. The Morgan fingerprint density at radius 2 is 1.95 bits per heavy atom. The minimum atomic E-state index is -1.76. The smallest absolute Gasteiger partial charge is 0.443 e. The third-order valence-electron chi connectivity index (χ3n) is 2.64. The molecular formula is C13H15BBrNO4. The summed E-state index contributed by atoms with van der Waals surface area (Å²) in [6.45, 7) is 5.25. The molecule has 0 saturated carbocycles. The zero-order valence-corrected chi connectivity index (χ0v) is 13.0. The molecule has 20 heavy (non-hydrogen) atoms. The highest BCUT2D eigenvalue weighted by atomic mass is 79.9. The van der Waals surface area contributed by atoms with Gasteiger partial charge in [0, 0.05) is 4.47 Å². The minimum absolute atomic E-state index is 0.0763. The van der Waals surface area contributed by atoms with Crippen LogP contribution in [0.4, 0.5) is 4.79 Å². The van der Waals surface area contributed by atoms with Gasteiger partial charge >= 0.3 is 13.2 Å². The number of fused-ring (bicyclic) bond motifs is 1. The van der Waals surface area contributed by atoms with Gasteiger partial charge in [-0.2, -0.15) is 0 Å². The van der Waals surface area contributed by atoms with Gasteiger partial charge in [-0.25, -0.2) is 4.79 Å². The lowest BCUT2D eigenvalue weighted by atomic mass is 9.86. The minimum Gasteiger partial charge on any atom is -0.443 e. The molecule has 0 atom stereocenters. The number of carbonyl (C=O) groups excluding carboxylic acids is 1. The number of hydrogen-bond acceptors (Lipinski definition) is 4. The maximum atomic E-state index is 12.3. The third-order valence-corrected chi connectivity index (χ3v) is 3.13. The maximum Gasteiger partial charge on any atom is 0.506 e. The van der Waals surface area contributed by atoms with Crippen LogP contribution in [-0.2, 0) is 4.74 Å². The molecule has 2 rings (SSSR count). The zero-order valence-electron chi connectivity index (χ0n) is 11.4. The Hall–Kier alpha value is -1.31. The summed E-state index contributed by atoms with van der Waals surface area (Å²) in [5.41, 5.74) is -0.0405. The molecule has 7 heteroatoms. The van der Waals surface area contributed by atoms with Crippen molar-refractivity contribution in [1.82, 2.24) is 4.57 Å². The highest BCUT2D eigenvalue weighted by Crippen LogP contribution is 2.21. The fourth-order valence-corrected chi connectivity index (χ4v) is 2.25. The molecule has 0 fully saturated rings. The standard InChI is InChI=1S/C13H15BBrNO4/c1-13(2,3)20-12(17)16-10-7-9(15)5-4-8(10)6-11(16)14(18)19/h4-7,18-19H,1-3H3. The second kappa shape index (κ2) is 5.23. The second-order valence-electron chi connectivity index (χ2n) is 5.46. The number of benzene rings is 1. The van der Waals surface area contributed by atoms with Crippen LogP contribution in [0.15, 0.2) is 28.7 Å². The third kappa shape index (κ3) is 3.05.